The summed E-state index contributed by atoms with van der Waals surface area (Å²) in [5, 5.41) is 11.4. The Morgan fingerprint density at radius 2 is 2.21 bits per heavy atom. The van der Waals surface area contributed by atoms with Crippen LogP contribution < -0.4 is 5.32 Å². The van der Waals surface area contributed by atoms with Crippen molar-refractivity contribution in [1.29, 1.82) is 0 Å². The highest BCUT2D eigenvalue weighted by molar-refractivity contribution is 5.97. The van der Waals surface area contributed by atoms with E-state index >= 15 is 0 Å². The Morgan fingerprint density at radius 1 is 1.47 bits per heavy atom. The summed E-state index contributed by atoms with van der Waals surface area (Å²) in [6.45, 7) is 4.73. The number of pyridine rings is 1. The molecule has 0 saturated heterocycles. The zero-order valence-corrected chi connectivity index (χ0v) is 11.1. The van der Waals surface area contributed by atoms with Gasteiger partial charge in [-0.05, 0) is 24.5 Å². The van der Waals surface area contributed by atoms with Gasteiger partial charge >= 0.3 is 5.97 Å². The lowest BCUT2D eigenvalue weighted by atomic mass is 10.1. The molecular formula is C14H18N2O3. The molecule has 1 rings (SSSR count). The van der Waals surface area contributed by atoms with Crippen molar-refractivity contribution in [3.63, 3.8) is 0 Å². The Hall–Kier alpha value is -2.17. The van der Waals surface area contributed by atoms with E-state index in [0.29, 0.717) is 18.0 Å². The Morgan fingerprint density at radius 3 is 2.84 bits per heavy atom. The van der Waals surface area contributed by atoms with Crippen molar-refractivity contribution in [3.8, 4) is 0 Å². The van der Waals surface area contributed by atoms with Crippen molar-refractivity contribution < 1.29 is 14.7 Å². The minimum atomic E-state index is -1.06. The first-order valence-electron chi connectivity index (χ1n) is 6.15. The maximum Gasteiger partial charge on any atom is 0.328 e. The quantitative estimate of drug-likeness (QED) is 0.768. The van der Waals surface area contributed by atoms with Crippen LogP contribution in [0.4, 0.5) is 0 Å². The van der Waals surface area contributed by atoms with E-state index in [1.54, 1.807) is 12.1 Å². The number of carboxylic acids is 1. The number of nitrogens with zero attached hydrogens (tertiary/aromatic N) is 1. The van der Waals surface area contributed by atoms with Gasteiger partial charge in [0.15, 0.2) is 0 Å². The van der Waals surface area contributed by atoms with E-state index in [9.17, 15) is 9.59 Å². The fourth-order valence-corrected chi connectivity index (χ4v) is 1.46. The number of carbonyl (C=O) groups is 2. The van der Waals surface area contributed by atoms with Gasteiger partial charge in [0.05, 0.1) is 0 Å². The molecule has 0 radical (unpaired) electrons. The minimum Gasteiger partial charge on any atom is -0.478 e. The van der Waals surface area contributed by atoms with Gasteiger partial charge in [-0.2, -0.15) is 0 Å². The molecule has 102 valence electrons. The van der Waals surface area contributed by atoms with Crippen LogP contribution in [-0.4, -0.2) is 28.5 Å². The van der Waals surface area contributed by atoms with Crippen LogP contribution in [0.3, 0.4) is 0 Å². The molecule has 0 aromatic carbocycles. The summed E-state index contributed by atoms with van der Waals surface area (Å²) in [6, 6.07) is 3.32. The Balaban J connectivity index is 2.76. The summed E-state index contributed by atoms with van der Waals surface area (Å²) >= 11 is 0. The van der Waals surface area contributed by atoms with Gasteiger partial charge in [0.25, 0.3) is 5.91 Å². The highest BCUT2D eigenvalue weighted by Crippen LogP contribution is 2.08. The lowest BCUT2D eigenvalue weighted by Crippen LogP contribution is -2.26. The lowest BCUT2D eigenvalue weighted by Gasteiger charge is -2.08. The Kier molecular flexibility index (Phi) is 5.73. The van der Waals surface area contributed by atoms with E-state index in [1.165, 1.54) is 12.3 Å². The van der Waals surface area contributed by atoms with Crippen LogP contribution in [-0.2, 0) is 4.79 Å². The summed E-state index contributed by atoms with van der Waals surface area (Å²) in [7, 11) is 0. The van der Waals surface area contributed by atoms with Crippen LogP contribution >= 0.6 is 0 Å². The first-order valence-corrected chi connectivity index (χ1v) is 6.15. The Bertz CT molecular complexity index is 481. The number of rotatable bonds is 6. The Labute approximate surface area is 112 Å². The molecule has 0 unspecified atom stereocenters. The van der Waals surface area contributed by atoms with Gasteiger partial charge in [-0.1, -0.05) is 19.9 Å². The maximum atomic E-state index is 11.9. The number of carboxylic acid groups (broad SMARTS) is 1. The summed E-state index contributed by atoms with van der Waals surface area (Å²) in [6.07, 6.45) is 4.75. The normalized spacial score (nSPS) is 10.9. The molecule has 1 amide bonds. The topological polar surface area (TPSA) is 79.3 Å². The number of aliphatic carboxylic acids is 1. The molecule has 0 fully saturated rings. The van der Waals surface area contributed by atoms with E-state index < -0.39 is 5.97 Å². The SMILES string of the molecule is CC(C)CCNC(=O)c1ncccc1/C=C/C(=O)O. The third kappa shape index (κ3) is 5.33. The minimum absolute atomic E-state index is 0.240. The fourth-order valence-electron chi connectivity index (χ4n) is 1.46. The third-order valence-electron chi connectivity index (χ3n) is 2.47. The predicted octanol–water partition coefficient (Wildman–Crippen LogP) is 1.96. The van der Waals surface area contributed by atoms with Crippen molar-refractivity contribution in [2.45, 2.75) is 20.3 Å². The van der Waals surface area contributed by atoms with Crippen molar-refractivity contribution >= 4 is 18.0 Å². The molecule has 0 atom stereocenters. The van der Waals surface area contributed by atoms with Crippen molar-refractivity contribution in [2.24, 2.45) is 5.92 Å². The number of amides is 1. The van der Waals surface area contributed by atoms with Gasteiger partial charge in [0, 0.05) is 24.4 Å². The van der Waals surface area contributed by atoms with E-state index in [2.05, 4.69) is 24.1 Å². The van der Waals surface area contributed by atoms with Crippen molar-refractivity contribution in [2.75, 3.05) is 6.54 Å². The molecule has 0 aliphatic heterocycles. The second kappa shape index (κ2) is 7.31. The van der Waals surface area contributed by atoms with Gasteiger partial charge in [-0.3, -0.25) is 9.78 Å². The first kappa shape index (κ1) is 14.9. The molecule has 5 nitrogen and oxygen atoms in total. The number of carbonyl (C=O) groups excluding carboxylic acids is 1. The fraction of sp³-hybridized carbons (Fsp3) is 0.357. The van der Waals surface area contributed by atoms with Crippen molar-refractivity contribution in [1.82, 2.24) is 10.3 Å². The van der Waals surface area contributed by atoms with Crippen LogP contribution in [0.5, 0.6) is 0 Å². The molecule has 5 heteroatoms. The van der Waals surface area contributed by atoms with Gasteiger partial charge in [-0.15, -0.1) is 0 Å². The lowest BCUT2D eigenvalue weighted by molar-refractivity contribution is -0.131. The third-order valence-corrected chi connectivity index (χ3v) is 2.47. The predicted molar refractivity (Wildman–Crippen MR) is 72.7 cm³/mol. The summed E-state index contributed by atoms with van der Waals surface area (Å²) < 4.78 is 0. The summed E-state index contributed by atoms with van der Waals surface area (Å²) in [5.74, 6) is -0.836. The van der Waals surface area contributed by atoms with Crippen LogP contribution in [0.25, 0.3) is 6.08 Å². The van der Waals surface area contributed by atoms with Gasteiger partial charge < -0.3 is 10.4 Å². The van der Waals surface area contributed by atoms with Crippen LogP contribution in [0, 0.1) is 5.92 Å². The second-order valence-corrected chi connectivity index (χ2v) is 4.55. The average molecular weight is 262 g/mol. The molecule has 0 saturated carbocycles. The number of aromatic nitrogens is 1. The van der Waals surface area contributed by atoms with E-state index in [1.807, 2.05) is 0 Å². The van der Waals surface area contributed by atoms with Crippen LogP contribution in [0.15, 0.2) is 24.4 Å². The largest absolute Gasteiger partial charge is 0.478 e. The number of nitrogens with one attached hydrogen (secondary N) is 1. The monoisotopic (exact) mass is 262 g/mol. The molecule has 2 N–H and O–H groups in total. The molecule has 19 heavy (non-hydrogen) atoms. The molecule has 1 aromatic heterocycles. The maximum absolute atomic E-state index is 11.9. The molecule has 0 aliphatic carbocycles. The smallest absolute Gasteiger partial charge is 0.328 e. The molecule has 0 aliphatic rings. The molecule has 1 aromatic rings. The van der Waals surface area contributed by atoms with Crippen LogP contribution in [0.2, 0.25) is 0 Å². The average Bonchev–Trinajstić information content (AvgIpc) is 2.36. The molecule has 1 heterocycles. The van der Waals surface area contributed by atoms with E-state index in [-0.39, 0.29) is 11.6 Å². The molecule has 0 bridgehead atoms. The molecular weight excluding hydrogens is 244 g/mol. The number of hydrogen-bond acceptors (Lipinski definition) is 3. The van der Waals surface area contributed by atoms with Gasteiger partial charge in [0.2, 0.25) is 0 Å². The highest BCUT2D eigenvalue weighted by atomic mass is 16.4. The van der Waals surface area contributed by atoms with Gasteiger partial charge in [0.1, 0.15) is 5.69 Å². The van der Waals surface area contributed by atoms with Crippen LogP contribution in [0.1, 0.15) is 36.3 Å². The van der Waals surface area contributed by atoms with Gasteiger partial charge in [-0.25, -0.2) is 4.79 Å². The second-order valence-electron chi connectivity index (χ2n) is 4.55. The zero-order valence-electron chi connectivity index (χ0n) is 11.1. The summed E-state index contributed by atoms with van der Waals surface area (Å²) in [4.78, 5) is 26.4. The van der Waals surface area contributed by atoms with Crippen molar-refractivity contribution in [3.05, 3.63) is 35.7 Å². The standard InChI is InChI=1S/C14H18N2O3/c1-10(2)7-9-16-14(19)13-11(4-3-8-15-13)5-6-12(17)18/h3-6,8,10H,7,9H2,1-2H3,(H,16,19)(H,17,18)/b6-5+. The van der Waals surface area contributed by atoms with E-state index in [4.69, 9.17) is 5.11 Å². The highest BCUT2D eigenvalue weighted by Gasteiger charge is 2.10. The number of hydrogen-bond donors (Lipinski definition) is 2. The van der Waals surface area contributed by atoms with E-state index in [0.717, 1.165) is 12.5 Å². The zero-order chi connectivity index (χ0) is 14.3. The molecule has 0 spiro atoms. The summed E-state index contributed by atoms with van der Waals surface area (Å²) in [5.41, 5.74) is 0.732. The first-order chi connectivity index (χ1) is 9.00.